The Bertz CT molecular complexity index is 923. The minimum Gasteiger partial charge on any atom is -0.348 e. The zero-order chi connectivity index (χ0) is 19.2. The van der Waals surface area contributed by atoms with Crippen LogP contribution in [0.5, 0.6) is 0 Å². The molecule has 1 amide bonds. The lowest BCUT2D eigenvalue weighted by Gasteiger charge is -2.10. The van der Waals surface area contributed by atoms with Gasteiger partial charge >= 0.3 is 0 Å². The first kappa shape index (κ1) is 18.6. The Morgan fingerprint density at radius 1 is 1.07 bits per heavy atom. The second-order valence-corrected chi connectivity index (χ2v) is 6.61. The molecule has 0 radical (unpaired) electrons. The van der Waals surface area contributed by atoms with Gasteiger partial charge in [0.05, 0.1) is 0 Å². The summed E-state index contributed by atoms with van der Waals surface area (Å²) in [5, 5.41) is 5.93. The number of amides is 1. The molecule has 0 aliphatic heterocycles. The van der Waals surface area contributed by atoms with Crippen LogP contribution in [-0.4, -0.2) is 10.9 Å². The molecule has 0 saturated heterocycles. The number of nitrogens with zero attached hydrogens (tertiary/aromatic N) is 1. The molecule has 1 aromatic heterocycles. The molecule has 138 valence electrons. The SMILES string of the molecule is CC(C)c1ccc(Nc2cc(C(=O)NCc3ccccc3F)ccn2)cc1. The molecule has 27 heavy (non-hydrogen) atoms. The lowest BCUT2D eigenvalue weighted by Crippen LogP contribution is -2.23. The minimum atomic E-state index is -0.334. The summed E-state index contributed by atoms with van der Waals surface area (Å²) in [5.41, 5.74) is 3.07. The summed E-state index contributed by atoms with van der Waals surface area (Å²) in [5.74, 6) is 0.433. The van der Waals surface area contributed by atoms with E-state index >= 15 is 0 Å². The second kappa shape index (κ2) is 8.45. The third-order valence-electron chi connectivity index (χ3n) is 4.27. The number of hydrogen-bond donors (Lipinski definition) is 2. The molecule has 2 N–H and O–H groups in total. The summed E-state index contributed by atoms with van der Waals surface area (Å²) >= 11 is 0. The summed E-state index contributed by atoms with van der Waals surface area (Å²) in [7, 11) is 0. The number of nitrogens with one attached hydrogen (secondary N) is 2. The zero-order valence-corrected chi connectivity index (χ0v) is 15.4. The van der Waals surface area contributed by atoms with Crippen LogP contribution in [0.2, 0.25) is 0 Å². The van der Waals surface area contributed by atoms with Crippen molar-refractivity contribution in [3.05, 3.63) is 89.4 Å². The van der Waals surface area contributed by atoms with E-state index in [1.54, 1.807) is 36.5 Å². The normalized spacial score (nSPS) is 10.7. The first-order valence-electron chi connectivity index (χ1n) is 8.87. The molecule has 1 heterocycles. The molecule has 4 nitrogen and oxygen atoms in total. The summed E-state index contributed by atoms with van der Waals surface area (Å²) < 4.78 is 13.7. The number of aromatic nitrogens is 1. The molecule has 0 aliphatic rings. The van der Waals surface area contributed by atoms with Crippen LogP contribution in [0.4, 0.5) is 15.9 Å². The quantitative estimate of drug-likeness (QED) is 0.647. The van der Waals surface area contributed by atoms with Gasteiger partial charge in [0.1, 0.15) is 11.6 Å². The monoisotopic (exact) mass is 363 g/mol. The van der Waals surface area contributed by atoms with E-state index < -0.39 is 0 Å². The summed E-state index contributed by atoms with van der Waals surface area (Å²) in [6, 6.07) is 17.8. The Hall–Kier alpha value is -3.21. The van der Waals surface area contributed by atoms with Gasteiger partial charge in [0.25, 0.3) is 5.91 Å². The Morgan fingerprint density at radius 2 is 1.81 bits per heavy atom. The molecular formula is C22H22FN3O. The molecule has 0 unspecified atom stereocenters. The highest BCUT2D eigenvalue weighted by Crippen LogP contribution is 2.20. The molecular weight excluding hydrogens is 341 g/mol. The molecule has 5 heteroatoms. The van der Waals surface area contributed by atoms with Crippen molar-refractivity contribution in [2.24, 2.45) is 0 Å². The average molecular weight is 363 g/mol. The van der Waals surface area contributed by atoms with Crippen LogP contribution in [-0.2, 0) is 6.54 Å². The van der Waals surface area contributed by atoms with Crippen LogP contribution in [0, 0.1) is 5.82 Å². The van der Waals surface area contributed by atoms with E-state index in [4.69, 9.17) is 0 Å². The van der Waals surface area contributed by atoms with Crippen molar-refractivity contribution in [1.82, 2.24) is 10.3 Å². The van der Waals surface area contributed by atoms with Gasteiger partial charge in [0.15, 0.2) is 0 Å². The molecule has 0 atom stereocenters. The fourth-order valence-corrected chi connectivity index (χ4v) is 2.66. The van der Waals surface area contributed by atoms with Gasteiger partial charge in [-0.1, -0.05) is 44.2 Å². The molecule has 0 bridgehead atoms. The van der Waals surface area contributed by atoms with Gasteiger partial charge in [0, 0.05) is 29.6 Å². The van der Waals surface area contributed by atoms with Crippen molar-refractivity contribution in [1.29, 1.82) is 0 Å². The van der Waals surface area contributed by atoms with Crippen LogP contribution in [0.3, 0.4) is 0 Å². The molecule has 2 aromatic carbocycles. The van der Waals surface area contributed by atoms with Crippen LogP contribution >= 0.6 is 0 Å². The van der Waals surface area contributed by atoms with Gasteiger partial charge in [-0.15, -0.1) is 0 Å². The van der Waals surface area contributed by atoms with Crippen molar-refractivity contribution in [2.45, 2.75) is 26.3 Å². The highest BCUT2D eigenvalue weighted by molar-refractivity contribution is 5.94. The zero-order valence-electron chi connectivity index (χ0n) is 15.4. The number of pyridine rings is 1. The molecule has 3 rings (SSSR count). The third kappa shape index (κ3) is 4.91. The van der Waals surface area contributed by atoms with Crippen molar-refractivity contribution >= 4 is 17.4 Å². The molecule has 0 saturated carbocycles. The largest absolute Gasteiger partial charge is 0.348 e. The first-order chi connectivity index (χ1) is 13.0. The van der Waals surface area contributed by atoms with Crippen LogP contribution in [0.15, 0.2) is 66.9 Å². The maximum Gasteiger partial charge on any atom is 0.251 e. The van der Waals surface area contributed by atoms with E-state index in [0.717, 1.165) is 5.69 Å². The third-order valence-corrected chi connectivity index (χ3v) is 4.27. The minimum absolute atomic E-state index is 0.132. The van der Waals surface area contributed by atoms with E-state index in [-0.39, 0.29) is 18.3 Å². The summed E-state index contributed by atoms with van der Waals surface area (Å²) in [4.78, 5) is 16.6. The molecule has 3 aromatic rings. The highest BCUT2D eigenvalue weighted by Gasteiger charge is 2.09. The number of halogens is 1. The lowest BCUT2D eigenvalue weighted by molar-refractivity contribution is 0.0950. The maximum atomic E-state index is 13.7. The number of anilines is 2. The van der Waals surface area contributed by atoms with Crippen molar-refractivity contribution < 1.29 is 9.18 Å². The van der Waals surface area contributed by atoms with Gasteiger partial charge in [-0.05, 0) is 41.8 Å². The molecule has 0 aliphatic carbocycles. The fraction of sp³-hybridized carbons (Fsp3) is 0.182. The predicted octanol–water partition coefficient (Wildman–Crippen LogP) is 5.02. The average Bonchev–Trinajstić information content (AvgIpc) is 2.68. The standard InChI is InChI=1S/C22H22FN3O/c1-15(2)16-7-9-19(10-8-16)26-21-13-17(11-12-24-21)22(27)25-14-18-5-3-4-6-20(18)23/h3-13,15H,14H2,1-2H3,(H,24,26)(H,25,27). The van der Waals surface area contributed by atoms with E-state index in [2.05, 4.69) is 41.6 Å². The van der Waals surface area contributed by atoms with Crippen molar-refractivity contribution in [3.8, 4) is 0 Å². The van der Waals surface area contributed by atoms with Gasteiger partial charge in [-0.2, -0.15) is 0 Å². The highest BCUT2D eigenvalue weighted by atomic mass is 19.1. The predicted molar refractivity (Wildman–Crippen MR) is 106 cm³/mol. The van der Waals surface area contributed by atoms with E-state index in [0.29, 0.717) is 22.9 Å². The second-order valence-electron chi connectivity index (χ2n) is 6.61. The number of carbonyl (C=O) groups excluding carboxylic acids is 1. The van der Waals surface area contributed by atoms with E-state index in [9.17, 15) is 9.18 Å². The van der Waals surface area contributed by atoms with Crippen LogP contribution in [0.1, 0.15) is 41.3 Å². The Morgan fingerprint density at radius 3 is 2.52 bits per heavy atom. The topological polar surface area (TPSA) is 54.0 Å². The Kier molecular flexibility index (Phi) is 5.81. The Balaban J connectivity index is 1.65. The first-order valence-corrected chi connectivity index (χ1v) is 8.87. The number of benzene rings is 2. The van der Waals surface area contributed by atoms with Gasteiger partial charge in [-0.25, -0.2) is 9.37 Å². The van der Waals surface area contributed by atoms with Crippen LogP contribution in [0.25, 0.3) is 0 Å². The summed E-state index contributed by atoms with van der Waals surface area (Å²) in [6.45, 7) is 4.42. The van der Waals surface area contributed by atoms with Gasteiger partial charge < -0.3 is 10.6 Å². The maximum absolute atomic E-state index is 13.7. The van der Waals surface area contributed by atoms with Gasteiger partial charge in [-0.3, -0.25) is 4.79 Å². The Labute approximate surface area is 158 Å². The van der Waals surface area contributed by atoms with Crippen molar-refractivity contribution in [3.63, 3.8) is 0 Å². The van der Waals surface area contributed by atoms with Gasteiger partial charge in [0.2, 0.25) is 0 Å². The van der Waals surface area contributed by atoms with E-state index in [1.807, 2.05) is 12.1 Å². The van der Waals surface area contributed by atoms with E-state index in [1.165, 1.54) is 11.6 Å². The fourth-order valence-electron chi connectivity index (χ4n) is 2.66. The van der Waals surface area contributed by atoms with Crippen molar-refractivity contribution in [2.75, 3.05) is 5.32 Å². The number of carbonyl (C=O) groups is 1. The summed E-state index contributed by atoms with van der Waals surface area (Å²) in [6.07, 6.45) is 1.57. The molecule has 0 fully saturated rings. The molecule has 0 spiro atoms. The van der Waals surface area contributed by atoms with Crippen LogP contribution < -0.4 is 10.6 Å². The number of hydrogen-bond acceptors (Lipinski definition) is 3. The lowest BCUT2D eigenvalue weighted by atomic mass is 10.0. The smallest absolute Gasteiger partial charge is 0.251 e. The number of rotatable bonds is 6.